The summed E-state index contributed by atoms with van der Waals surface area (Å²) >= 11 is 0. The zero-order chi connectivity index (χ0) is 13.0. The molecule has 5 nitrogen and oxygen atoms in total. The van der Waals surface area contributed by atoms with Crippen LogP contribution < -0.4 is 5.32 Å². The molecule has 0 spiro atoms. The zero-order valence-corrected chi connectivity index (χ0v) is 10.2. The van der Waals surface area contributed by atoms with Gasteiger partial charge in [0.1, 0.15) is 6.61 Å². The number of halogens is 2. The second-order valence-corrected chi connectivity index (χ2v) is 4.40. The van der Waals surface area contributed by atoms with Gasteiger partial charge in [0.25, 0.3) is 6.43 Å². The van der Waals surface area contributed by atoms with E-state index in [9.17, 15) is 8.78 Å². The minimum absolute atomic E-state index is 0.182. The largest absolute Gasteiger partial charge is 0.375 e. The van der Waals surface area contributed by atoms with Crippen molar-refractivity contribution >= 4 is 0 Å². The minimum atomic E-state index is -2.43. The number of hydrogen-bond donors (Lipinski definition) is 1. The van der Waals surface area contributed by atoms with Crippen LogP contribution in [0.1, 0.15) is 31.0 Å². The molecule has 1 saturated heterocycles. The third kappa shape index (κ3) is 3.46. The first-order chi connectivity index (χ1) is 8.66. The average Bonchev–Trinajstić information content (AvgIpc) is 2.92. The number of alkyl halides is 2. The van der Waals surface area contributed by atoms with Gasteiger partial charge in [-0.15, -0.1) is 0 Å². The third-order valence-electron chi connectivity index (χ3n) is 3.04. The molecule has 0 radical (unpaired) electrons. The van der Waals surface area contributed by atoms with Gasteiger partial charge in [0.2, 0.25) is 5.89 Å². The predicted molar refractivity (Wildman–Crippen MR) is 59.6 cm³/mol. The molecule has 2 heterocycles. The lowest BCUT2D eigenvalue weighted by molar-refractivity contribution is 0.0182. The highest BCUT2D eigenvalue weighted by Crippen LogP contribution is 2.25. The fourth-order valence-electron chi connectivity index (χ4n) is 2.05. The van der Waals surface area contributed by atoms with E-state index >= 15 is 0 Å². The number of ether oxygens (including phenoxy) is 1. The quantitative estimate of drug-likeness (QED) is 0.783. The van der Waals surface area contributed by atoms with Crippen molar-refractivity contribution < 1.29 is 18.0 Å². The molecule has 0 bridgehead atoms. The van der Waals surface area contributed by atoms with Gasteiger partial charge >= 0.3 is 0 Å². The van der Waals surface area contributed by atoms with Crippen LogP contribution >= 0.6 is 0 Å². The summed E-state index contributed by atoms with van der Waals surface area (Å²) < 4.78 is 33.6. The van der Waals surface area contributed by atoms with Gasteiger partial charge in [0.15, 0.2) is 5.82 Å². The molecule has 1 fully saturated rings. The molecule has 2 unspecified atom stereocenters. The van der Waals surface area contributed by atoms with E-state index in [-0.39, 0.29) is 12.5 Å². The topological polar surface area (TPSA) is 60.2 Å². The van der Waals surface area contributed by atoms with Crippen LogP contribution in [0.25, 0.3) is 0 Å². The van der Waals surface area contributed by atoms with E-state index < -0.39 is 13.0 Å². The normalized spacial score (nSPS) is 24.0. The number of rotatable bonds is 6. The summed E-state index contributed by atoms with van der Waals surface area (Å²) in [4.78, 5) is 4.27. The molecule has 7 heteroatoms. The Kier molecular flexibility index (Phi) is 4.60. The second kappa shape index (κ2) is 6.19. The van der Waals surface area contributed by atoms with Crippen LogP contribution in [-0.4, -0.2) is 42.4 Å². The van der Waals surface area contributed by atoms with Crippen LogP contribution in [0.4, 0.5) is 8.78 Å². The second-order valence-electron chi connectivity index (χ2n) is 4.40. The lowest BCUT2D eigenvalue weighted by Crippen LogP contribution is -2.21. The van der Waals surface area contributed by atoms with Crippen molar-refractivity contribution in [3.63, 3.8) is 0 Å². The van der Waals surface area contributed by atoms with Gasteiger partial charge < -0.3 is 14.6 Å². The van der Waals surface area contributed by atoms with E-state index in [2.05, 4.69) is 22.4 Å². The summed E-state index contributed by atoms with van der Waals surface area (Å²) in [6, 6.07) is 0.327. The van der Waals surface area contributed by atoms with Crippen molar-refractivity contribution in [1.82, 2.24) is 15.5 Å². The fourth-order valence-corrected chi connectivity index (χ4v) is 2.05. The molecule has 1 aromatic rings. The summed E-state index contributed by atoms with van der Waals surface area (Å²) in [7, 11) is 0. The molecule has 1 aromatic heterocycles. The Bertz CT molecular complexity index is 373. The lowest BCUT2D eigenvalue weighted by atomic mass is 10.0. The van der Waals surface area contributed by atoms with Crippen molar-refractivity contribution in [2.75, 3.05) is 19.8 Å². The van der Waals surface area contributed by atoms with Crippen LogP contribution in [0.3, 0.4) is 0 Å². The molecule has 1 aliphatic heterocycles. The first-order valence-corrected chi connectivity index (χ1v) is 6.08. The van der Waals surface area contributed by atoms with E-state index in [1.54, 1.807) is 0 Å². The monoisotopic (exact) mass is 261 g/mol. The van der Waals surface area contributed by atoms with Crippen LogP contribution in [0.5, 0.6) is 0 Å². The average molecular weight is 261 g/mol. The summed E-state index contributed by atoms with van der Waals surface area (Å²) in [5.74, 6) is 1.38. The highest BCUT2D eigenvalue weighted by atomic mass is 19.3. The van der Waals surface area contributed by atoms with E-state index in [0.717, 1.165) is 13.0 Å². The Hall–Kier alpha value is -1.08. The maximum atomic E-state index is 11.8. The van der Waals surface area contributed by atoms with Crippen molar-refractivity contribution in [3.05, 3.63) is 11.7 Å². The summed E-state index contributed by atoms with van der Waals surface area (Å²) in [5, 5.41) is 7.14. The van der Waals surface area contributed by atoms with E-state index in [1.165, 1.54) is 0 Å². The van der Waals surface area contributed by atoms with Crippen molar-refractivity contribution in [3.8, 4) is 0 Å². The first kappa shape index (κ1) is 13.4. The molecule has 0 saturated carbocycles. The molecular formula is C11H17F2N3O2. The maximum absolute atomic E-state index is 11.8. The van der Waals surface area contributed by atoms with E-state index in [1.807, 2.05) is 0 Å². The number of aromatic nitrogens is 2. The van der Waals surface area contributed by atoms with Gasteiger partial charge in [0.05, 0.1) is 12.5 Å². The third-order valence-corrected chi connectivity index (χ3v) is 3.04. The standard InChI is InChI=1S/C11H17F2N3O2/c1-7-8(2-4-14-7)11-15-10(16-18-11)3-5-17-6-9(12)13/h7-9,14H,2-6H2,1H3. The maximum Gasteiger partial charge on any atom is 0.261 e. The summed E-state index contributed by atoms with van der Waals surface area (Å²) in [6.45, 7) is 2.66. The molecule has 102 valence electrons. The lowest BCUT2D eigenvalue weighted by Gasteiger charge is -2.08. The molecule has 1 N–H and O–H groups in total. The van der Waals surface area contributed by atoms with Gasteiger partial charge in [-0.05, 0) is 19.9 Å². The van der Waals surface area contributed by atoms with Gasteiger partial charge in [-0.3, -0.25) is 0 Å². The number of hydrogen-bond acceptors (Lipinski definition) is 5. The Labute approximate surface area is 104 Å². The van der Waals surface area contributed by atoms with Gasteiger partial charge in [-0.1, -0.05) is 5.16 Å². The Balaban J connectivity index is 1.79. The van der Waals surface area contributed by atoms with Crippen LogP contribution in [0, 0.1) is 0 Å². The molecule has 1 aliphatic rings. The Morgan fingerprint density at radius 1 is 1.56 bits per heavy atom. The molecule has 0 amide bonds. The molecule has 0 aliphatic carbocycles. The van der Waals surface area contributed by atoms with Crippen molar-refractivity contribution in [2.45, 2.75) is 38.2 Å². The highest BCUT2D eigenvalue weighted by Gasteiger charge is 2.29. The zero-order valence-electron chi connectivity index (χ0n) is 10.2. The molecular weight excluding hydrogens is 244 g/mol. The van der Waals surface area contributed by atoms with Crippen molar-refractivity contribution in [1.29, 1.82) is 0 Å². The number of nitrogens with zero attached hydrogens (tertiary/aromatic N) is 2. The summed E-state index contributed by atoms with van der Waals surface area (Å²) in [5.41, 5.74) is 0. The van der Waals surface area contributed by atoms with Gasteiger partial charge in [0, 0.05) is 12.5 Å². The molecule has 18 heavy (non-hydrogen) atoms. The van der Waals surface area contributed by atoms with Gasteiger partial charge in [-0.2, -0.15) is 4.98 Å². The highest BCUT2D eigenvalue weighted by molar-refractivity contribution is 5.02. The fraction of sp³-hybridized carbons (Fsp3) is 0.818. The number of nitrogens with one attached hydrogen (secondary N) is 1. The summed E-state index contributed by atoms with van der Waals surface area (Å²) in [6.07, 6.45) is -1.06. The molecule has 2 rings (SSSR count). The SMILES string of the molecule is CC1NCCC1c1nc(CCOCC(F)F)no1. The van der Waals surface area contributed by atoms with E-state index in [4.69, 9.17) is 9.26 Å². The predicted octanol–water partition coefficient (Wildman–Crippen LogP) is 1.36. The Morgan fingerprint density at radius 3 is 3.06 bits per heavy atom. The first-order valence-electron chi connectivity index (χ1n) is 6.08. The minimum Gasteiger partial charge on any atom is -0.375 e. The Morgan fingerprint density at radius 2 is 2.39 bits per heavy atom. The van der Waals surface area contributed by atoms with Crippen LogP contribution in [0.15, 0.2) is 4.52 Å². The van der Waals surface area contributed by atoms with Gasteiger partial charge in [-0.25, -0.2) is 8.78 Å². The molecule has 2 atom stereocenters. The van der Waals surface area contributed by atoms with E-state index in [0.29, 0.717) is 24.2 Å². The van der Waals surface area contributed by atoms with Crippen LogP contribution in [-0.2, 0) is 11.2 Å². The van der Waals surface area contributed by atoms with Crippen LogP contribution in [0.2, 0.25) is 0 Å². The van der Waals surface area contributed by atoms with Crippen molar-refractivity contribution in [2.24, 2.45) is 0 Å². The smallest absolute Gasteiger partial charge is 0.261 e. The molecule has 0 aromatic carbocycles.